The summed E-state index contributed by atoms with van der Waals surface area (Å²) in [6.45, 7) is 0.398. The topological polar surface area (TPSA) is 90.1 Å². The Kier molecular flexibility index (Phi) is 4.81. The van der Waals surface area contributed by atoms with Gasteiger partial charge in [0.2, 0.25) is 5.89 Å². The average molecular weight is 324 g/mol. The summed E-state index contributed by atoms with van der Waals surface area (Å²) in [6.07, 6.45) is 2.11. The number of nitrogens with one attached hydrogen (secondary N) is 1. The molecule has 1 amide bonds. The van der Waals surface area contributed by atoms with Gasteiger partial charge in [-0.2, -0.15) is 0 Å². The standard InChI is InChI=1S/C17H16N4O3/c1-23-13-7-5-12(6-8-13)16(22)19-11-9-15-20-21-17(24-15)14-4-2-3-10-18-14/h2-8,10H,9,11H2,1H3,(H,19,22). The third kappa shape index (κ3) is 3.75. The van der Waals surface area contributed by atoms with Gasteiger partial charge in [-0.05, 0) is 36.4 Å². The molecule has 24 heavy (non-hydrogen) atoms. The molecule has 0 atom stereocenters. The summed E-state index contributed by atoms with van der Waals surface area (Å²) < 4.78 is 10.6. The minimum Gasteiger partial charge on any atom is -0.497 e. The molecule has 0 saturated heterocycles. The van der Waals surface area contributed by atoms with Crippen molar-refractivity contribution >= 4 is 5.91 Å². The molecular weight excluding hydrogens is 308 g/mol. The maximum atomic E-state index is 12.0. The predicted octanol–water partition coefficient (Wildman–Crippen LogP) is 2.11. The van der Waals surface area contributed by atoms with Gasteiger partial charge < -0.3 is 14.5 Å². The van der Waals surface area contributed by atoms with E-state index in [1.165, 1.54) is 0 Å². The van der Waals surface area contributed by atoms with Crippen molar-refractivity contribution in [2.24, 2.45) is 0 Å². The lowest BCUT2D eigenvalue weighted by Gasteiger charge is -2.04. The average Bonchev–Trinajstić information content (AvgIpc) is 3.11. The van der Waals surface area contributed by atoms with Crippen LogP contribution in [0.5, 0.6) is 5.75 Å². The normalized spacial score (nSPS) is 10.4. The first kappa shape index (κ1) is 15.7. The monoisotopic (exact) mass is 324 g/mol. The Labute approximate surface area is 138 Å². The fourth-order valence-corrected chi connectivity index (χ4v) is 2.07. The van der Waals surface area contributed by atoms with Crippen LogP contribution in [0.4, 0.5) is 0 Å². The summed E-state index contributed by atoms with van der Waals surface area (Å²) in [4.78, 5) is 16.2. The van der Waals surface area contributed by atoms with Crippen molar-refractivity contribution in [3.8, 4) is 17.3 Å². The third-order valence-corrected chi connectivity index (χ3v) is 3.33. The molecule has 0 aliphatic heterocycles. The molecule has 0 bridgehead atoms. The van der Waals surface area contributed by atoms with Gasteiger partial charge in [-0.15, -0.1) is 10.2 Å². The van der Waals surface area contributed by atoms with E-state index in [1.54, 1.807) is 43.6 Å². The second-order valence-corrected chi connectivity index (χ2v) is 4.95. The maximum Gasteiger partial charge on any atom is 0.266 e. The lowest BCUT2D eigenvalue weighted by Crippen LogP contribution is -2.25. The molecule has 0 aliphatic rings. The number of ether oxygens (including phenoxy) is 1. The van der Waals surface area contributed by atoms with E-state index in [-0.39, 0.29) is 5.91 Å². The SMILES string of the molecule is COc1ccc(C(=O)NCCc2nnc(-c3ccccn3)o2)cc1. The number of rotatable bonds is 6. The molecule has 1 N–H and O–H groups in total. The minimum atomic E-state index is -0.165. The Morgan fingerprint density at radius 1 is 1.17 bits per heavy atom. The number of pyridine rings is 1. The van der Waals surface area contributed by atoms with E-state index in [9.17, 15) is 4.79 Å². The fraction of sp³-hybridized carbons (Fsp3) is 0.176. The van der Waals surface area contributed by atoms with E-state index in [2.05, 4.69) is 20.5 Å². The molecule has 3 aromatic rings. The maximum absolute atomic E-state index is 12.0. The summed E-state index contributed by atoms with van der Waals surface area (Å²) in [5.41, 5.74) is 1.19. The van der Waals surface area contributed by atoms with Gasteiger partial charge >= 0.3 is 0 Å². The third-order valence-electron chi connectivity index (χ3n) is 3.33. The van der Waals surface area contributed by atoms with Crippen molar-refractivity contribution in [2.75, 3.05) is 13.7 Å². The van der Waals surface area contributed by atoms with Crippen molar-refractivity contribution in [1.82, 2.24) is 20.5 Å². The predicted molar refractivity (Wildman–Crippen MR) is 86.6 cm³/mol. The Balaban J connectivity index is 1.53. The summed E-state index contributed by atoms with van der Waals surface area (Å²) in [5, 5.41) is 10.7. The number of amides is 1. The Morgan fingerprint density at radius 3 is 2.71 bits per heavy atom. The highest BCUT2D eigenvalue weighted by Crippen LogP contribution is 2.14. The lowest BCUT2D eigenvalue weighted by molar-refractivity contribution is 0.0953. The van der Waals surface area contributed by atoms with Crippen LogP contribution in [0, 0.1) is 0 Å². The molecule has 2 aromatic heterocycles. The van der Waals surface area contributed by atoms with Gasteiger partial charge in [0.1, 0.15) is 11.4 Å². The summed E-state index contributed by atoms with van der Waals surface area (Å²) in [7, 11) is 1.58. The number of hydrogen-bond donors (Lipinski definition) is 1. The molecular formula is C17H16N4O3. The molecule has 1 aromatic carbocycles. The number of carbonyl (C=O) groups excluding carboxylic acids is 1. The van der Waals surface area contributed by atoms with Crippen LogP contribution in [0.2, 0.25) is 0 Å². The van der Waals surface area contributed by atoms with E-state index in [0.29, 0.717) is 41.8 Å². The van der Waals surface area contributed by atoms with Gasteiger partial charge in [-0.3, -0.25) is 9.78 Å². The van der Waals surface area contributed by atoms with Crippen molar-refractivity contribution in [3.63, 3.8) is 0 Å². The quantitative estimate of drug-likeness (QED) is 0.747. The van der Waals surface area contributed by atoms with Crippen LogP contribution < -0.4 is 10.1 Å². The van der Waals surface area contributed by atoms with Crippen molar-refractivity contribution in [1.29, 1.82) is 0 Å². The number of benzene rings is 1. The zero-order valence-electron chi connectivity index (χ0n) is 13.1. The molecule has 2 heterocycles. The number of nitrogens with zero attached hydrogens (tertiary/aromatic N) is 3. The number of carbonyl (C=O) groups is 1. The van der Waals surface area contributed by atoms with Crippen molar-refractivity contribution < 1.29 is 13.9 Å². The number of methoxy groups -OCH3 is 1. The zero-order valence-corrected chi connectivity index (χ0v) is 13.1. The molecule has 0 fully saturated rings. The second kappa shape index (κ2) is 7.36. The summed E-state index contributed by atoms with van der Waals surface area (Å²) in [6, 6.07) is 12.4. The molecule has 3 rings (SSSR count). The first-order valence-electron chi connectivity index (χ1n) is 7.42. The van der Waals surface area contributed by atoms with Crippen LogP contribution in [-0.4, -0.2) is 34.7 Å². The Hall–Kier alpha value is -3.22. The highest BCUT2D eigenvalue weighted by Gasteiger charge is 2.10. The molecule has 0 spiro atoms. The minimum absolute atomic E-state index is 0.165. The number of hydrogen-bond acceptors (Lipinski definition) is 6. The van der Waals surface area contributed by atoms with Gasteiger partial charge in [0.05, 0.1) is 7.11 Å². The second-order valence-electron chi connectivity index (χ2n) is 4.95. The van der Waals surface area contributed by atoms with Crippen LogP contribution in [0.3, 0.4) is 0 Å². The van der Waals surface area contributed by atoms with Crippen LogP contribution in [0.1, 0.15) is 16.2 Å². The van der Waals surface area contributed by atoms with Crippen LogP contribution >= 0.6 is 0 Å². The Bertz CT molecular complexity index is 800. The number of aromatic nitrogens is 3. The summed E-state index contributed by atoms with van der Waals surface area (Å²) >= 11 is 0. The van der Waals surface area contributed by atoms with Gasteiger partial charge in [-0.25, -0.2) is 0 Å². The fourth-order valence-electron chi connectivity index (χ4n) is 2.07. The van der Waals surface area contributed by atoms with E-state index in [1.807, 2.05) is 12.1 Å². The van der Waals surface area contributed by atoms with E-state index in [0.717, 1.165) is 0 Å². The van der Waals surface area contributed by atoms with Crippen molar-refractivity contribution in [2.45, 2.75) is 6.42 Å². The van der Waals surface area contributed by atoms with E-state index in [4.69, 9.17) is 9.15 Å². The lowest BCUT2D eigenvalue weighted by atomic mass is 10.2. The molecule has 7 heteroatoms. The van der Waals surface area contributed by atoms with Gasteiger partial charge in [-0.1, -0.05) is 6.07 Å². The van der Waals surface area contributed by atoms with Crippen LogP contribution in [0.15, 0.2) is 53.1 Å². The molecule has 0 saturated carbocycles. The highest BCUT2D eigenvalue weighted by molar-refractivity contribution is 5.94. The first-order chi connectivity index (χ1) is 11.8. The highest BCUT2D eigenvalue weighted by atomic mass is 16.5. The molecule has 122 valence electrons. The van der Waals surface area contributed by atoms with Crippen LogP contribution in [-0.2, 0) is 6.42 Å². The van der Waals surface area contributed by atoms with E-state index < -0.39 is 0 Å². The van der Waals surface area contributed by atoms with Crippen LogP contribution in [0.25, 0.3) is 11.6 Å². The van der Waals surface area contributed by atoms with Gasteiger partial charge in [0, 0.05) is 24.7 Å². The summed E-state index contributed by atoms with van der Waals surface area (Å²) in [5.74, 6) is 1.36. The largest absolute Gasteiger partial charge is 0.497 e. The molecule has 7 nitrogen and oxygen atoms in total. The molecule has 0 unspecified atom stereocenters. The molecule has 0 aliphatic carbocycles. The van der Waals surface area contributed by atoms with E-state index >= 15 is 0 Å². The zero-order chi connectivity index (χ0) is 16.8. The van der Waals surface area contributed by atoms with Gasteiger partial charge in [0.15, 0.2) is 0 Å². The van der Waals surface area contributed by atoms with Gasteiger partial charge in [0.25, 0.3) is 11.8 Å². The van der Waals surface area contributed by atoms with Crippen molar-refractivity contribution in [3.05, 3.63) is 60.1 Å². The first-order valence-corrected chi connectivity index (χ1v) is 7.42. The Morgan fingerprint density at radius 2 is 2.00 bits per heavy atom. The molecule has 0 radical (unpaired) electrons. The smallest absolute Gasteiger partial charge is 0.266 e.